The maximum Gasteiger partial charge on any atom is 0.0951 e. The van der Waals surface area contributed by atoms with Gasteiger partial charge in [0, 0.05) is 28.1 Å². The molecule has 20 heavy (non-hydrogen) atoms. The Morgan fingerprint density at radius 2 is 1.95 bits per heavy atom. The van der Waals surface area contributed by atoms with Crippen LogP contribution in [0.15, 0.2) is 18.2 Å². The molecule has 1 saturated heterocycles. The van der Waals surface area contributed by atoms with E-state index >= 15 is 0 Å². The topological polar surface area (TPSA) is 23.5 Å². The molecule has 110 valence electrons. The first-order valence-corrected chi connectivity index (χ1v) is 8.25. The van der Waals surface area contributed by atoms with Crippen molar-refractivity contribution in [2.75, 3.05) is 19.6 Å². The van der Waals surface area contributed by atoms with Gasteiger partial charge in [-0.2, -0.15) is 0 Å². The predicted octanol–water partition coefficient (Wildman–Crippen LogP) is 4.08. The number of aliphatic hydroxyl groups is 1. The van der Waals surface area contributed by atoms with Gasteiger partial charge < -0.3 is 10.0 Å². The molecule has 2 aliphatic rings. The highest BCUT2D eigenvalue weighted by Gasteiger charge is 2.44. The summed E-state index contributed by atoms with van der Waals surface area (Å²) in [5, 5.41) is 12.4. The molecule has 3 rings (SSSR count). The molecule has 2 nitrogen and oxygen atoms in total. The Kier molecular flexibility index (Phi) is 4.28. The van der Waals surface area contributed by atoms with Crippen LogP contribution in [0.5, 0.6) is 0 Å². The van der Waals surface area contributed by atoms with Crippen LogP contribution in [-0.2, 0) is 5.60 Å². The Morgan fingerprint density at radius 1 is 1.20 bits per heavy atom. The van der Waals surface area contributed by atoms with Crippen molar-refractivity contribution in [2.45, 2.75) is 37.7 Å². The lowest BCUT2D eigenvalue weighted by Gasteiger charge is -2.34. The monoisotopic (exact) mass is 313 g/mol. The van der Waals surface area contributed by atoms with Gasteiger partial charge in [0.15, 0.2) is 0 Å². The summed E-state index contributed by atoms with van der Waals surface area (Å²) in [5.41, 5.74) is 0.0647. The fourth-order valence-electron chi connectivity index (χ4n) is 3.78. The van der Waals surface area contributed by atoms with E-state index in [4.69, 9.17) is 23.2 Å². The average Bonchev–Trinajstić information content (AvgIpc) is 3.01. The van der Waals surface area contributed by atoms with Gasteiger partial charge in [-0.05, 0) is 57.3 Å². The average molecular weight is 314 g/mol. The third-order valence-electron chi connectivity index (χ3n) is 4.86. The maximum absolute atomic E-state index is 11.2. The number of halogens is 2. The fraction of sp³-hybridized carbons (Fsp3) is 0.625. The fourth-order valence-corrected chi connectivity index (χ4v) is 4.35. The van der Waals surface area contributed by atoms with E-state index in [1.807, 2.05) is 12.1 Å². The Bertz CT molecular complexity index is 487. The van der Waals surface area contributed by atoms with Crippen LogP contribution in [0.1, 0.15) is 37.7 Å². The number of nitrogens with zero attached hydrogens (tertiary/aromatic N) is 1. The van der Waals surface area contributed by atoms with Crippen molar-refractivity contribution in [2.24, 2.45) is 5.92 Å². The zero-order valence-electron chi connectivity index (χ0n) is 11.6. The summed E-state index contributed by atoms with van der Waals surface area (Å²) in [4.78, 5) is 2.48. The molecule has 1 aromatic carbocycles. The number of likely N-dealkylation sites (tertiary alicyclic amines) is 1. The van der Waals surface area contributed by atoms with Crippen LogP contribution in [0.3, 0.4) is 0 Å². The first-order valence-electron chi connectivity index (χ1n) is 7.50. The van der Waals surface area contributed by atoms with Crippen molar-refractivity contribution in [3.05, 3.63) is 33.8 Å². The second-order valence-corrected chi connectivity index (χ2v) is 6.99. The van der Waals surface area contributed by atoms with Crippen molar-refractivity contribution in [1.82, 2.24) is 4.90 Å². The highest BCUT2D eigenvalue weighted by atomic mass is 35.5. The van der Waals surface area contributed by atoms with Gasteiger partial charge in [-0.25, -0.2) is 0 Å². The predicted molar refractivity (Wildman–Crippen MR) is 83.4 cm³/mol. The van der Waals surface area contributed by atoms with E-state index in [0.717, 1.165) is 31.4 Å². The molecule has 0 bridgehead atoms. The Morgan fingerprint density at radius 3 is 2.65 bits per heavy atom. The third kappa shape index (κ3) is 2.71. The zero-order valence-corrected chi connectivity index (χ0v) is 13.1. The molecule has 2 atom stereocenters. The van der Waals surface area contributed by atoms with Crippen LogP contribution in [0.4, 0.5) is 0 Å². The maximum atomic E-state index is 11.2. The largest absolute Gasteiger partial charge is 0.385 e. The minimum atomic E-state index is -0.787. The summed E-state index contributed by atoms with van der Waals surface area (Å²) in [6, 6.07) is 5.46. The molecule has 0 radical (unpaired) electrons. The standard InChI is InChI=1S/C16H21Cl2NO/c17-13-5-6-14(15(18)10-13)16(20)7-3-4-12(16)11-19-8-1-2-9-19/h5-6,10,12,20H,1-4,7-9,11H2. The van der Waals surface area contributed by atoms with E-state index in [2.05, 4.69) is 4.90 Å². The quantitative estimate of drug-likeness (QED) is 0.909. The molecular weight excluding hydrogens is 293 g/mol. The molecule has 1 N–H and O–H groups in total. The summed E-state index contributed by atoms with van der Waals surface area (Å²) in [6.45, 7) is 3.32. The summed E-state index contributed by atoms with van der Waals surface area (Å²) < 4.78 is 0. The number of rotatable bonds is 3. The van der Waals surface area contributed by atoms with Crippen molar-refractivity contribution < 1.29 is 5.11 Å². The van der Waals surface area contributed by atoms with E-state index in [9.17, 15) is 5.11 Å². The van der Waals surface area contributed by atoms with E-state index in [0.29, 0.717) is 10.0 Å². The van der Waals surface area contributed by atoms with Crippen LogP contribution >= 0.6 is 23.2 Å². The highest BCUT2D eigenvalue weighted by Crippen LogP contribution is 2.46. The zero-order chi connectivity index (χ0) is 14.2. The molecule has 1 aliphatic heterocycles. The molecule has 0 amide bonds. The van der Waals surface area contributed by atoms with Gasteiger partial charge in [-0.15, -0.1) is 0 Å². The Balaban J connectivity index is 1.84. The first-order chi connectivity index (χ1) is 9.59. The molecule has 4 heteroatoms. The molecule has 0 aromatic heterocycles. The summed E-state index contributed by atoms with van der Waals surface area (Å²) in [7, 11) is 0. The highest BCUT2D eigenvalue weighted by molar-refractivity contribution is 6.35. The van der Waals surface area contributed by atoms with Gasteiger partial charge in [0.1, 0.15) is 0 Å². The van der Waals surface area contributed by atoms with Gasteiger partial charge in [0.05, 0.1) is 5.60 Å². The van der Waals surface area contributed by atoms with Crippen molar-refractivity contribution in [1.29, 1.82) is 0 Å². The molecular formula is C16H21Cl2NO. The van der Waals surface area contributed by atoms with Crippen LogP contribution < -0.4 is 0 Å². The second-order valence-electron chi connectivity index (χ2n) is 6.15. The van der Waals surface area contributed by atoms with Crippen molar-refractivity contribution >= 4 is 23.2 Å². The van der Waals surface area contributed by atoms with Gasteiger partial charge in [-0.1, -0.05) is 29.3 Å². The SMILES string of the molecule is OC1(c2ccc(Cl)cc2Cl)CCCC1CN1CCCC1. The molecule has 1 saturated carbocycles. The van der Waals surface area contributed by atoms with E-state index < -0.39 is 5.60 Å². The van der Waals surface area contributed by atoms with Gasteiger partial charge >= 0.3 is 0 Å². The van der Waals surface area contributed by atoms with Gasteiger partial charge in [-0.3, -0.25) is 0 Å². The molecule has 0 spiro atoms. The summed E-state index contributed by atoms with van der Waals surface area (Å²) >= 11 is 12.3. The minimum Gasteiger partial charge on any atom is -0.385 e. The molecule has 1 aromatic rings. The molecule has 2 fully saturated rings. The van der Waals surface area contributed by atoms with Crippen LogP contribution in [0.2, 0.25) is 10.0 Å². The number of benzene rings is 1. The van der Waals surface area contributed by atoms with Crippen LogP contribution in [-0.4, -0.2) is 29.6 Å². The third-order valence-corrected chi connectivity index (χ3v) is 5.41. The lowest BCUT2D eigenvalue weighted by atomic mass is 9.83. The van der Waals surface area contributed by atoms with Gasteiger partial charge in [0.25, 0.3) is 0 Å². The van der Waals surface area contributed by atoms with E-state index in [1.54, 1.807) is 6.07 Å². The Labute approximate surface area is 130 Å². The number of hydrogen-bond donors (Lipinski definition) is 1. The smallest absolute Gasteiger partial charge is 0.0951 e. The number of hydrogen-bond acceptors (Lipinski definition) is 2. The lowest BCUT2D eigenvalue weighted by molar-refractivity contribution is -0.0134. The summed E-state index contributed by atoms with van der Waals surface area (Å²) in [5.74, 6) is 0.277. The molecule has 2 unspecified atom stereocenters. The Hall–Kier alpha value is -0.280. The van der Waals surface area contributed by atoms with Crippen LogP contribution in [0, 0.1) is 5.92 Å². The normalized spacial score (nSPS) is 31.1. The second kappa shape index (κ2) is 5.84. The summed E-state index contributed by atoms with van der Waals surface area (Å²) in [6.07, 6.45) is 5.51. The van der Waals surface area contributed by atoms with Crippen molar-refractivity contribution in [3.8, 4) is 0 Å². The molecule has 1 aliphatic carbocycles. The van der Waals surface area contributed by atoms with Crippen LogP contribution in [0.25, 0.3) is 0 Å². The van der Waals surface area contributed by atoms with E-state index in [-0.39, 0.29) is 5.92 Å². The lowest BCUT2D eigenvalue weighted by Crippen LogP contribution is -2.38. The molecule has 1 heterocycles. The first kappa shape index (κ1) is 14.6. The van der Waals surface area contributed by atoms with Gasteiger partial charge in [0.2, 0.25) is 0 Å². The van der Waals surface area contributed by atoms with E-state index in [1.165, 1.54) is 25.9 Å². The van der Waals surface area contributed by atoms with Crippen molar-refractivity contribution in [3.63, 3.8) is 0 Å². The minimum absolute atomic E-state index is 0.277.